The van der Waals surface area contributed by atoms with Crippen molar-refractivity contribution in [1.82, 2.24) is 4.98 Å². The Hall–Kier alpha value is -3.19. The van der Waals surface area contributed by atoms with Crippen molar-refractivity contribution in [3.8, 4) is 0 Å². The van der Waals surface area contributed by atoms with Gasteiger partial charge in [-0.3, -0.25) is 9.78 Å². The number of carbonyl (C=O) groups excluding carboxylic acids is 1. The third kappa shape index (κ3) is 5.31. The number of nitrogens with two attached hydrogens (primary N) is 1. The second-order valence-electron chi connectivity index (χ2n) is 9.75. The van der Waals surface area contributed by atoms with E-state index >= 15 is 0 Å². The van der Waals surface area contributed by atoms with Gasteiger partial charge in [0.05, 0.1) is 17.8 Å². The number of pyridine rings is 1. The number of benzene rings is 2. The summed E-state index contributed by atoms with van der Waals surface area (Å²) in [6, 6.07) is 16.6. The first-order valence-corrected chi connectivity index (χ1v) is 12.3. The normalized spacial score (nSPS) is 20.2. The van der Waals surface area contributed by atoms with E-state index in [4.69, 9.17) is 5.73 Å². The van der Waals surface area contributed by atoms with Crippen LogP contribution < -0.4 is 10.6 Å². The van der Waals surface area contributed by atoms with Crippen LogP contribution in [0.15, 0.2) is 60.7 Å². The van der Waals surface area contributed by atoms with Gasteiger partial charge in [-0.05, 0) is 85.2 Å². The van der Waals surface area contributed by atoms with Crippen LogP contribution in [0.25, 0.3) is 0 Å². The molecule has 1 saturated carbocycles. The minimum atomic E-state index is -4.39. The Morgan fingerprint density at radius 3 is 2.39 bits per heavy atom. The molecule has 1 aliphatic carbocycles. The molecule has 1 aliphatic rings. The third-order valence-electron chi connectivity index (χ3n) is 7.13. The summed E-state index contributed by atoms with van der Waals surface area (Å²) in [5, 5.41) is 0. The molecule has 3 unspecified atom stereocenters. The molecule has 0 radical (unpaired) electrons. The standard InChI is InChI=1S/C29H32F3N3O/c1-5-20-11-14-24(15-25(20)19(4)33)35(16-23-8-6-7-17(2)34-23)28(36)27-18(3)26(27)21-9-12-22(13-10-21)29(30,31)32/h6-15,18-19,26-27H,5,16,33H2,1-4H3/t18-,19?,26?,27?/m1/s1. The predicted octanol–water partition coefficient (Wildman–Crippen LogP) is 6.57. The van der Waals surface area contributed by atoms with Gasteiger partial charge >= 0.3 is 6.18 Å². The van der Waals surface area contributed by atoms with E-state index in [-0.39, 0.29) is 29.7 Å². The number of aromatic nitrogens is 1. The second kappa shape index (κ2) is 10.1. The number of hydrogen-bond acceptors (Lipinski definition) is 3. The van der Waals surface area contributed by atoms with Crippen LogP contribution in [0, 0.1) is 18.8 Å². The number of nitrogens with zero attached hydrogens (tertiary/aromatic N) is 2. The molecule has 7 heteroatoms. The van der Waals surface area contributed by atoms with Gasteiger partial charge in [-0.15, -0.1) is 0 Å². The molecule has 0 bridgehead atoms. The average molecular weight is 496 g/mol. The fourth-order valence-corrected chi connectivity index (χ4v) is 5.07. The van der Waals surface area contributed by atoms with Crippen LogP contribution in [0.3, 0.4) is 0 Å². The van der Waals surface area contributed by atoms with Crippen LogP contribution in [0.2, 0.25) is 0 Å². The molecule has 4 atom stereocenters. The first-order chi connectivity index (χ1) is 17.0. The van der Waals surface area contributed by atoms with Gasteiger partial charge in [-0.1, -0.05) is 38.1 Å². The number of aryl methyl sites for hydroxylation is 2. The number of carbonyl (C=O) groups is 1. The minimum Gasteiger partial charge on any atom is -0.324 e. The molecule has 1 amide bonds. The van der Waals surface area contributed by atoms with Crippen molar-refractivity contribution in [2.45, 2.75) is 58.8 Å². The number of amides is 1. The van der Waals surface area contributed by atoms with Gasteiger partial charge in [0.1, 0.15) is 0 Å². The predicted molar refractivity (Wildman–Crippen MR) is 135 cm³/mol. The van der Waals surface area contributed by atoms with E-state index in [1.54, 1.807) is 4.90 Å². The number of halogens is 3. The molecule has 2 aromatic carbocycles. The maximum Gasteiger partial charge on any atom is 0.416 e. The SMILES string of the molecule is CCc1ccc(N(Cc2cccc(C)n2)C(=O)C2C(c3ccc(C(F)(F)F)cc3)[C@H]2C)cc1C(C)N. The molecule has 3 aromatic rings. The van der Waals surface area contributed by atoms with Crippen LogP contribution in [0.1, 0.15) is 66.4 Å². The Morgan fingerprint density at radius 2 is 1.81 bits per heavy atom. The van der Waals surface area contributed by atoms with E-state index in [2.05, 4.69) is 11.9 Å². The van der Waals surface area contributed by atoms with Crippen LogP contribution in [0.4, 0.5) is 18.9 Å². The quantitative estimate of drug-likeness (QED) is 0.403. The Balaban J connectivity index is 1.67. The van der Waals surface area contributed by atoms with Gasteiger partial charge < -0.3 is 10.6 Å². The minimum absolute atomic E-state index is 0.0185. The van der Waals surface area contributed by atoms with Crippen molar-refractivity contribution in [3.63, 3.8) is 0 Å². The topological polar surface area (TPSA) is 59.2 Å². The summed E-state index contributed by atoms with van der Waals surface area (Å²) < 4.78 is 39.0. The fourth-order valence-electron chi connectivity index (χ4n) is 5.07. The highest BCUT2D eigenvalue weighted by Gasteiger charge is 2.54. The molecule has 0 spiro atoms. The Labute approximate surface area is 210 Å². The van der Waals surface area contributed by atoms with E-state index in [1.165, 1.54) is 12.1 Å². The zero-order chi connectivity index (χ0) is 26.2. The van der Waals surface area contributed by atoms with Gasteiger partial charge in [-0.25, -0.2) is 0 Å². The summed E-state index contributed by atoms with van der Waals surface area (Å²) in [4.78, 5) is 20.3. The van der Waals surface area contributed by atoms with Gasteiger partial charge in [0.2, 0.25) is 5.91 Å². The fraction of sp³-hybridized carbons (Fsp3) is 0.379. The van der Waals surface area contributed by atoms with E-state index in [9.17, 15) is 18.0 Å². The summed E-state index contributed by atoms with van der Waals surface area (Å²) in [6.45, 7) is 8.18. The molecule has 0 aliphatic heterocycles. The summed E-state index contributed by atoms with van der Waals surface area (Å²) in [6.07, 6.45) is -3.55. The molecule has 0 saturated heterocycles. The highest BCUT2D eigenvalue weighted by molar-refractivity contribution is 5.98. The van der Waals surface area contributed by atoms with Gasteiger partial charge in [0.15, 0.2) is 0 Å². The largest absolute Gasteiger partial charge is 0.416 e. The summed E-state index contributed by atoms with van der Waals surface area (Å²) in [5.41, 5.74) is 10.8. The smallest absolute Gasteiger partial charge is 0.324 e. The molecule has 4 nitrogen and oxygen atoms in total. The molecule has 4 rings (SSSR count). The lowest BCUT2D eigenvalue weighted by molar-refractivity contribution is -0.137. The highest BCUT2D eigenvalue weighted by Crippen LogP contribution is 2.55. The van der Waals surface area contributed by atoms with Crippen molar-refractivity contribution in [2.24, 2.45) is 17.6 Å². The highest BCUT2D eigenvalue weighted by atomic mass is 19.4. The zero-order valence-electron chi connectivity index (χ0n) is 21.0. The lowest BCUT2D eigenvalue weighted by Crippen LogP contribution is -2.33. The molecule has 2 N–H and O–H groups in total. The Bertz CT molecular complexity index is 1240. The molecular formula is C29H32F3N3O. The maximum atomic E-state index is 13.9. The zero-order valence-corrected chi connectivity index (χ0v) is 21.0. The number of hydrogen-bond donors (Lipinski definition) is 1. The van der Waals surface area contributed by atoms with Crippen molar-refractivity contribution in [2.75, 3.05) is 4.90 Å². The lowest BCUT2D eigenvalue weighted by atomic mass is 9.98. The lowest BCUT2D eigenvalue weighted by Gasteiger charge is -2.25. The maximum absolute atomic E-state index is 13.9. The first-order valence-electron chi connectivity index (χ1n) is 12.3. The molecule has 1 heterocycles. The monoisotopic (exact) mass is 495 g/mol. The number of alkyl halides is 3. The number of anilines is 1. The van der Waals surface area contributed by atoms with E-state index in [0.29, 0.717) is 6.54 Å². The molecule has 1 aromatic heterocycles. The number of rotatable bonds is 7. The van der Waals surface area contributed by atoms with Crippen LogP contribution >= 0.6 is 0 Å². The Morgan fingerprint density at radius 1 is 1.11 bits per heavy atom. The van der Waals surface area contributed by atoms with Crippen molar-refractivity contribution < 1.29 is 18.0 Å². The van der Waals surface area contributed by atoms with Crippen LogP contribution in [-0.2, 0) is 23.9 Å². The van der Waals surface area contributed by atoms with Crippen LogP contribution in [0.5, 0.6) is 0 Å². The van der Waals surface area contributed by atoms with E-state index in [1.807, 2.05) is 57.2 Å². The first kappa shape index (κ1) is 25.9. The molecule has 190 valence electrons. The molecular weight excluding hydrogens is 463 g/mol. The third-order valence-corrected chi connectivity index (χ3v) is 7.13. The van der Waals surface area contributed by atoms with E-state index < -0.39 is 11.7 Å². The van der Waals surface area contributed by atoms with Gasteiger partial charge in [-0.2, -0.15) is 13.2 Å². The van der Waals surface area contributed by atoms with E-state index in [0.717, 1.165) is 52.3 Å². The average Bonchev–Trinajstić information content (AvgIpc) is 3.51. The van der Waals surface area contributed by atoms with Crippen molar-refractivity contribution in [1.29, 1.82) is 0 Å². The second-order valence-corrected chi connectivity index (χ2v) is 9.75. The van der Waals surface area contributed by atoms with Gasteiger partial charge in [0, 0.05) is 23.3 Å². The van der Waals surface area contributed by atoms with Gasteiger partial charge in [0.25, 0.3) is 0 Å². The summed E-state index contributed by atoms with van der Waals surface area (Å²) >= 11 is 0. The van der Waals surface area contributed by atoms with Crippen molar-refractivity contribution in [3.05, 3.63) is 94.3 Å². The van der Waals surface area contributed by atoms with Crippen LogP contribution in [-0.4, -0.2) is 10.9 Å². The summed E-state index contributed by atoms with van der Waals surface area (Å²) in [5.74, 6) is -0.493. The molecule has 1 fully saturated rings. The van der Waals surface area contributed by atoms with Crippen molar-refractivity contribution >= 4 is 11.6 Å². The molecule has 36 heavy (non-hydrogen) atoms. The Kier molecular flexibility index (Phi) is 7.23. The summed E-state index contributed by atoms with van der Waals surface area (Å²) in [7, 11) is 0.